The lowest BCUT2D eigenvalue weighted by molar-refractivity contribution is 0.00634. The summed E-state index contributed by atoms with van der Waals surface area (Å²) < 4.78 is 5.54. The minimum absolute atomic E-state index is 0.336. The fraction of sp³-hybridized carbons (Fsp3) is 0.600. The largest absolute Gasteiger partial charge is 0.389 e. The van der Waals surface area contributed by atoms with Crippen LogP contribution < -0.4 is 5.73 Å². The van der Waals surface area contributed by atoms with Gasteiger partial charge in [-0.15, -0.1) is 0 Å². The zero-order valence-corrected chi connectivity index (χ0v) is 11.4. The molecule has 106 valence electrons. The van der Waals surface area contributed by atoms with Crippen molar-refractivity contribution in [1.29, 1.82) is 0 Å². The van der Waals surface area contributed by atoms with Crippen molar-refractivity contribution in [2.75, 3.05) is 26.2 Å². The summed E-state index contributed by atoms with van der Waals surface area (Å²) in [6.45, 7) is 3.59. The van der Waals surface area contributed by atoms with Crippen molar-refractivity contribution in [3.8, 4) is 0 Å². The van der Waals surface area contributed by atoms with Gasteiger partial charge in [-0.25, -0.2) is 0 Å². The molecule has 0 bridgehead atoms. The topological polar surface area (TPSA) is 58.7 Å². The fourth-order valence-electron chi connectivity index (χ4n) is 2.37. The molecule has 0 aliphatic carbocycles. The van der Waals surface area contributed by atoms with Gasteiger partial charge in [-0.2, -0.15) is 0 Å². The number of hydrogen-bond acceptors (Lipinski definition) is 4. The van der Waals surface area contributed by atoms with E-state index in [1.54, 1.807) is 0 Å². The predicted molar refractivity (Wildman–Crippen MR) is 75.8 cm³/mol. The summed E-state index contributed by atoms with van der Waals surface area (Å²) in [6, 6.07) is 10.4. The number of rotatable bonds is 6. The van der Waals surface area contributed by atoms with E-state index in [0.29, 0.717) is 25.8 Å². The number of aliphatic hydroxyl groups is 1. The summed E-state index contributed by atoms with van der Waals surface area (Å²) in [4.78, 5) is 2.26. The minimum atomic E-state index is -0.418. The van der Waals surface area contributed by atoms with Crippen molar-refractivity contribution >= 4 is 0 Å². The highest BCUT2D eigenvalue weighted by Gasteiger charge is 2.18. The van der Waals surface area contributed by atoms with Crippen molar-refractivity contribution in [2.45, 2.75) is 31.6 Å². The maximum Gasteiger partial charge on any atom is 0.0900 e. The molecule has 1 heterocycles. The molecular formula is C15H24N2O2. The zero-order valence-electron chi connectivity index (χ0n) is 11.4. The van der Waals surface area contributed by atoms with Gasteiger partial charge in [0.2, 0.25) is 0 Å². The van der Waals surface area contributed by atoms with Crippen LogP contribution in [0.25, 0.3) is 0 Å². The molecule has 0 spiro atoms. The van der Waals surface area contributed by atoms with Crippen molar-refractivity contribution in [2.24, 2.45) is 5.73 Å². The molecule has 1 unspecified atom stereocenters. The summed E-state index contributed by atoms with van der Waals surface area (Å²) in [6.07, 6.45) is 1.63. The monoisotopic (exact) mass is 264 g/mol. The fourth-order valence-corrected chi connectivity index (χ4v) is 2.37. The Morgan fingerprint density at radius 3 is 2.63 bits per heavy atom. The summed E-state index contributed by atoms with van der Waals surface area (Å²) in [5.41, 5.74) is 7.00. The molecule has 1 atom stereocenters. The van der Waals surface area contributed by atoms with Gasteiger partial charge < -0.3 is 20.5 Å². The second-order valence-corrected chi connectivity index (χ2v) is 5.29. The number of aliphatic hydroxyl groups excluding tert-OH is 1. The van der Waals surface area contributed by atoms with Crippen molar-refractivity contribution in [3.63, 3.8) is 0 Å². The first-order valence-electron chi connectivity index (χ1n) is 7.01. The van der Waals surface area contributed by atoms with E-state index < -0.39 is 6.10 Å². The Hall–Kier alpha value is -0.940. The molecule has 4 nitrogen and oxygen atoms in total. The number of piperidine rings is 1. The van der Waals surface area contributed by atoms with Gasteiger partial charge in [0.05, 0.1) is 19.3 Å². The van der Waals surface area contributed by atoms with E-state index in [9.17, 15) is 5.11 Å². The molecule has 0 aromatic heterocycles. The Morgan fingerprint density at radius 1 is 1.26 bits per heavy atom. The molecule has 1 saturated heterocycles. The van der Waals surface area contributed by atoms with Gasteiger partial charge in [-0.05, 0) is 31.5 Å². The third kappa shape index (κ3) is 5.28. The van der Waals surface area contributed by atoms with Gasteiger partial charge in [0.1, 0.15) is 0 Å². The molecule has 0 radical (unpaired) electrons. The number of likely N-dealkylation sites (tertiary alicyclic amines) is 1. The third-order valence-electron chi connectivity index (χ3n) is 3.52. The van der Waals surface area contributed by atoms with E-state index in [1.807, 2.05) is 30.3 Å². The van der Waals surface area contributed by atoms with E-state index in [-0.39, 0.29) is 0 Å². The Morgan fingerprint density at radius 2 is 1.95 bits per heavy atom. The molecule has 0 saturated carbocycles. The lowest BCUT2D eigenvalue weighted by atomic mass is 10.1. The summed E-state index contributed by atoms with van der Waals surface area (Å²) >= 11 is 0. The molecule has 1 aromatic rings. The number of β-amino-alcohol motifs (C(OH)–C–C–N with tert-alkyl or cyclic N) is 1. The van der Waals surface area contributed by atoms with Crippen molar-refractivity contribution < 1.29 is 9.84 Å². The molecule has 1 fully saturated rings. The highest BCUT2D eigenvalue weighted by atomic mass is 16.5. The molecule has 0 amide bonds. The summed E-state index contributed by atoms with van der Waals surface area (Å²) in [5.74, 6) is 0. The van der Waals surface area contributed by atoms with Gasteiger partial charge in [0.15, 0.2) is 0 Å². The second kappa shape index (κ2) is 7.60. The summed E-state index contributed by atoms with van der Waals surface area (Å²) in [5, 5.41) is 9.95. The van der Waals surface area contributed by atoms with Gasteiger partial charge in [0, 0.05) is 12.6 Å². The van der Waals surface area contributed by atoms with Gasteiger partial charge in [-0.3, -0.25) is 0 Å². The van der Waals surface area contributed by atoms with E-state index in [0.717, 1.165) is 31.5 Å². The quantitative estimate of drug-likeness (QED) is 0.804. The van der Waals surface area contributed by atoms with Crippen LogP contribution in [0.4, 0.5) is 0 Å². The zero-order chi connectivity index (χ0) is 13.5. The van der Waals surface area contributed by atoms with Crippen LogP contribution in [0.15, 0.2) is 30.3 Å². The van der Waals surface area contributed by atoms with E-state index in [2.05, 4.69) is 4.90 Å². The third-order valence-corrected chi connectivity index (χ3v) is 3.52. The van der Waals surface area contributed by atoms with Crippen LogP contribution in [-0.4, -0.2) is 48.4 Å². The van der Waals surface area contributed by atoms with Crippen molar-refractivity contribution in [3.05, 3.63) is 35.9 Å². The molecule has 1 aliphatic heterocycles. The minimum Gasteiger partial charge on any atom is -0.389 e. The van der Waals surface area contributed by atoms with Crippen LogP contribution in [0.5, 0.6) is 0 Å². The normalized spacial score (nSPS) is 19.5. The van der Waals surface area contributed by atoms with Gasteiger partial charge in [-0.1, -0.05) is 30.3 Å². The van der Waals surface area contributed by atoms with Crippen LogP contribution in [0, 0.1) is 0 Å². The van der Waals surface area contributed by atoms with E-state index in [4.69, 9.17) is 10.5 Å². The Balaban J connectivity index is 1.61. The predicted octanol–water partition coefficient (Wildman–Crippen LogP) is 0.987. The number of benzene rings is 1. The average molecular weight is 264 g/mol. The van der Waals surface area contributed by atoms with Gasteiger partial charge >= 0.3 is 0 Å². The first-order chi connectivity index (χ1) is 9.24. The molecule has 1 aliphatic rings. The molecule has 4 heteroatoms. The lowest BCUT2D eigenvalue weighted by Gasteiger charge is -2.31. The standard InChI is InChI=1S/C15H24N2O2/c16-14-6-8-17(9-7-14)10-15(18)12-19-11-13-4-2-1-3-5-13/h1-5,14-15,18H,6-12,16H2. The van der Waals surface area contributed by atoms with E-state index in [1.165, 1.54) is 0 Å². The van der Waals surface area contributed by atoms with Crippen LogP contribution in [0.2, 0.25) is 0 Å². The SMILES string of the molecule is NC1CCN(CC(O)COCc2ccccc2)CC1. The molecular weight excluding hydrogens is 240 g/mol. The van der Waals surface area contributed by atoms with Crippen LogP contribution in [0.3, 0.4) is 0 Å². The number of ether oxygens (including phenoxy) is 1. The highest BCUT2D eigenvalue weighted by Crippen LogP contribution is 2.09. The molecule has 2 rings (SSSR count). The van der Waals surface area contributed by atoms with Crippen molar-refractivity contribution in [1.82, 2.24) is 4.90 Å². The van der Waals surface area contributed by atoms with Crippen LogP contribution >= 0.6 is 0 Å². The first kappa shape index (κ1) is 14.5. The smallest absolute Gasteiger partial charge is 0.0900 e. The van der Waals surface area contributed by atoms with E-state index >= 15 is 0 Å². The molecule has 1 aromatic carbocycles. The molecule has 3 N–H and O–H groups in total. The number of nitrogens with zero attached hydrogens (tertiary/aromatic N) is 1. The first-order valence-corrected chi connectivity index (χ1v) is 7.01. The maximum atomic E-state index is 9.95. The number of hydrogen-bond donors (Lipinski definition) is 2. The lowest BCUT2D eigenvalue weighted by Crippen LogP contribution is -2.43. The van der Waals surface area contributed by atoms with Crippen LogP contribution in [-0.2, 0) is 11.3 Å². The summed E-state index contributed by atoms with van der Waals surface area (Å²) in [7, 11) is 0. The average Bonchev–Trinajstić information content (AvgIpc) is 2.43. The molecule has 19 heavy (non-hydrogen) atoms. The number of nitrogens with two attached hydrogens (primary N) is 1. The van der Waals surface area contributed by atoms with Gasteiger partial charge in [0.25, 0.3) is 0 Å². The Kier molecular flexibility index (Phi) is 5.79. The highest BCUT2D eigenvalue weighted by molar-refractivity contribution is 5.13. The van der Waals surface area contributed by atoms with Crippen LogP contribution in [0.1, 0.15) is 18.4 Å². The maximum absolute atomic E-state index is 9.95. The Labute approximate surface area is 115 Å². The Bertz CT molecular complexity index is 350. The second-order valence-electron chi connectivity index (χ2n) is 5.29.